The van der Waals surface area contributed by atoms with Crippen LogP contribution in [0.4, 0.5) is 4.79 Å². The summed E-state index contributed by atoms with van der Waals surface area (Å²) in [5, 5.41) is 6.74. The highest BCUT2D eigenvalue weighted by molar-refractivity contribution is 14.0. The van der Waals surface area contributed by atoms with Gasteiger partial charge in [0.1, 0.15) is 5.60 Å². The average molecular weight is 577 g/mol. The lowest BCUT2D eigenvalue weighted by Gasteiger charge is -2.34. The number of carbonyl (C=O) groups is 1. The number of hydrogen-bond donors (Lipinski definition) is 2. The van der Waals surface area contributed by atoms with E-state index in [2.05, 4.69) is 15.6 Å². The zero-order valence-electron chi connectivity index (χ0n) is 20.9. The van der Waals surface area contributed by atoms with Crippen molar-refractivity contribution in [3.63, 3.8) is 0 Å². The fourth-order valence-corrected chi connectivity index (χ4v) is 3.77. The smallest absolute Gasteiger partial charge is 0.410 e. The largest absolute Gasteiger partial charge is 0.493 e. The molecule has 0 aromatic heterocycles. The molecule has 2 rings (SSSR count). The molecule has 1 unspecified atom stereocenters. The number of carbonyl (C=O) groups excluding carboxylic acids is 1. The first kappa shape index (κ1) is 29.1. The summed E-state index contributed by atoms with van der Waals surface area (Å²) in [6, 6.07) is 5.96. The molecule has 188 valence electrons. The number of nitrogens with one attached hydrogen (secondary N) is 2. The van der Waals surface area contributed by atoms with Crippen LogP contribution in [-0.4, -0.2) is 70.0 Å². The van der Waals surface area contributed by atoms with Crippen molar-refractivity contribution < 1.29 is 19.0 Å². The number of guanidine groups is 1. The second-order valence-electron chi connectivity index (χ2n) is 9.09. The summed E-state index contributed by atoms with van der Waals surface area (Å²) in [6.07, 6.45) is 3.77. The maximum atomic E-state index is 12.3. The SMILES string of the molecule is CN=C(NCCc1ccc(OC)c(OC)c1)NCCC1CCCN(C(=O)OC(C)(C)C)C1.I. The second kappa shape index (κ2) is 14.4. The summed E-state index contributed by atoms with van der Waals surface area (Å²) >= 11 is 0. The first-order valence-electron chi connectivity index (χ1n) is 11.4. The van der Waals surface area contributed by atoms with Crippen molar-refractivity contribution in [2.75, 3.05) is 47.4 Å². The molecule has 1 amide bonds. The van der Waals surface area contributed by atoms with Gasteiger partial charge in [-0.1, -0.05) is 6.07 Å². The fourth-order valence-electron chi connectivity index (χ4n) is 3.77. The molecule has 0 bridgehead atoms. The molecule has 1 heterocycles. The van der Waals surface area contributed by atoms with Gasteiger partial charge in [0.05, 0.1) is 14.2 Å². The van der Waals surface area contributed by atoms with Crippen LogP contribution in [0.1, 0.15) is 45.6 Å². The number of amides is 1. The number of likely N-dealkylation sites (tertiary alicyclic amines) is 1. The molecule has 1 aliphatic heterocycles. The molecule has 1 aromatic rings. The van der Waals surface area contributed by atoms with Crippen molar-refractivity contribution in [2.45, 2.75) is 52.1 Å². The van der Waals surface area contributed by atoms with Gasteiger partial charge in [0.25, 0.3) is 0 Å². The topological polar surface area (TPSA) is 84.4 Å². The van der Waals surface area contributed by atoms with Crippen molar-refractivity contribution >= 4 is 36.0 Å². The summed E-state index contributed by atoms with van der Waals surface area (Å²) in [5.41, 5.74) is 0.704. The van der Waals surface area contributed by atoms with Gasteiger partial charge in [-0.05, 0) is 70.1 Å². The number of benzene rings is 1. The highest BCUT2D eigenvalue weighted by atomic mass is 127. The van der Waals surface area contributed by atoms with Gasteiger partial charge in [0, 0.05) is 33.2 Å². The van der Waals surface area contributed by atoms with Crippen LogP contribution in [0.5, 0.6) is 11.5 Å². The summed E-state index contributed by atoms with van der Waals surface area (Å²) in [5.74, 6) is 2.72. The van der Waals surface area contributed by atoms with Crippen molar-refractivity contribution in [1.29, 1.82) is 0 Å². The van der Waals surface area contributed by atoms with E-state index in [0.29, 0.717) is 5.92 Å². The Morgan fingerprint density at radius 1 is 1.15 bits per heavy atom. The number of piperidine rings is 1. The van der Waals surface area contributed by atoms with E-state index in [0.717, 1.165) is 74.9 Å². The Bertz CT molecular complexity index is 767. The zero-order chi connectivity index (χ0) is 23.6. The Morgan fingerprint density at radius 2 is 1.85 bits per heavy atom. The van der Waals surface area contributed by atoms with Crippen molar-refractivity contribution in [1.82, 2.24) is 15.5 Å². The maximum Gasteiger partial charge on any atom is 0.410 e. The highest BCUT2D eigenvalue weighted by Gasteiger charge is 2.27. The average Bonchev–Trinajstić information content (AvgIpc) is 2.77. The zero-order valence-corrected chi connectivity index (χ0v) is 23.2. The monoisotopic (exact) mass is 576 g/mol. The Morgan fingerprint density at radius 3 is 2.48 bits per heavy atom. The molecule has 1 saturated heterocycles. The maximum absolute atomic E-state index is 12.3. The minimum absolute atomic E-state index is 0. The van der Waals surface area contributed by atoms with Crippen LogP contribution in [0.25, 0.3) is 0 Å². The van der Waals surface area contributed by atoms with Gasteiger partial charge in [-0.25, -0.2) is 4.79 Å². The normalized spacial score (nSPS) is 16.5. The summed E-state index contributed by atoms with van der Waals surface area (Å²) in [7, 11) is 5.05. The number of hydrogen-bond acceptors (Lipinski definition) is 5. The summed E-state index contributed by atoms with van der Waals surface area (Å²) < 4.78 is 16.2. The van der Waals surface area contributed by atoms with E-state index in [1.54, 1.807) is 21.3 Å². The third kappa shape index (κ3) is 10.3. The van der Waals surface area contributed by atoms with E-state index in [1.807, 2.05) is 43.9 Å². The first-order chi connectivity index (χ1) is 15.3. The van der Waals surface area contributed by atoms with Crippen LogP contribution in [-0.2, 0) is 11.2 Å². The van der Waals surface area contributed by atoms with Crippen LogP contribution < -0.4 is 20.1 Å². The van der Waals surface area contributed by atoms with Gasteiger partial charge in [-0.3, -0.25) is 4.99 Å². The Balaban J connectivity index is 0.00000544. The number of methoxy groups -OCH3 is 2. The second-order valence-corrected chi connectivity index (χ2v) is 9.09. The molecule has 1 aliphatic rings. The molecule has 0 radical (unpaired) electrons. The van der Waals surface area contributed by atoms with E-state index >= 15 is 0 Å². The van der Waals surface area contributed by atoms with Gasteiger partial charge in [-0.15, -0.1) is 24.0 Å². The molecular weight excluding hydrogens is 535 g/mol. The van der Waals surface area contributed by atoms with Crippen LogP contribution in [0, 0.1) is 5.92 Å². The molecule has 0 aliphatic carbocycles. The Hall–Kier alpha value is -1.91. The third-order valence-corrected chi connectivity index (χ3v) is 5.39. The molecule has 1 atom stereocenters. The number of aliphatic imine (C=N–C) groups is 1. The molecule has 0 saturated carbocycles. The van der Waals surface area contributed by atoms with Crippen molar-refractivity contribution in [2.24, 2.45) is 10.9 Å². The van der Waals surface area contributed by atoms with Crippen LogP contribution in [0.3, 0.4) is 0 Å². The summed E-state index contributed by atoms with van der Waals surface area (Å²) in [4.78, 5) is 18.5. The van der Waals surface area contributed by atoms with Crippen LogP contribution in [0.2, 0.25) is 0 Å². The molecule has 8 nitrogen and oxygen atoms in total. The van der Waals surface area contributed by atoms with Crippen molar-refractivity contribution in [3.8, 4) is 11.5 Å². The van der Waals surface area contributed by atoms with Gasteiger partial charge >= 0.3 is 6.09 Å². The molecule has 0 spiro atoms. The van der Waals surface area contributed by atoms with E-state index in [1.165, 1.54) is 0 Å². The van der Waals surface area contributed by atoms with Gasteiger partial charge < -0.3 is 29.7 Å². The molecular formula is C24H41IN4O4. The van der Waals surface area contributed by atoms with Crippen molar-refractivity contribution in [3.05, 3.63) is 23.8 Å². The van der Waals surface area contributed by atoms with E-state index in [9.17, 15) is 4.79 Å². The quantitative estimate of drug-likeness (QED) is 0.276. The lowest BCUT2D eigenvalue weighted by molar-refractivity contribution is 0.0162. The third-order valence-electron chi connectivity index (χ3n) is 5.39. The number of ether oxygens (including phenoxy) is 3. The molecule has 1 aromatic carbocycles. The molecule has 2 N–H and O–H groups in total. The van der Waals surface area contributed by atoms with E-state index in [4.69, 9.17) is 14.2 Å². The minimum Gasteiger partial charge on any atom is -0.493 e. The van der Waals surface area contributed by atoms with Gasteiger partial charge in [-0.2, -0.15) is 0 Å². The standard InChI is InChI=1S/C24H40N4O4.HI/c1-24(2,3)32-23(29)28-15-7-8-19(17-28)12-14-27-22(25-4)26-13-11-18-9-10-20(30-5)21(16-18)31-6;/h9-10,16,19H,7-8,11-15,17H2,1-6H3,(H2,25,26,27);1H. The van der Waals surface area contributed by atoms with Gasteiger partial charge in [0.2, 0.25) is 0 Å². The highest BCUT2D eigenvalue weighted by Crippen LogP contribution is 2.27. The first-order valence-corrected chi connectivity index (χ1v) is 11.4. The molecule has 1 fully saturated rings. The predicted molar refractivity (Wildman–Crippen MR) is 143 cm³/mol. The predicted octanol–water partition coefficient (Wildman–Crippen LogP) is 4.07. The molecule has 33 heavy (non-hydrogen) atoms. The number of rotatable bonds is 8. The Labute approximate surface area is 215 Å². The van der Waals surface area contributed by atoms with E-state index in [-0.39, 0.29) is 30.1 Å². The van der Waals surface area contributed by atoms with Crippen LogP contribution >= 0.6 is 24.0 Å². The molecule has 9 heteroatoms. The van der Waals surface area contributed by atoms with Gasteiger partial charge in [0.15, 0.2) is 17.5 Å². The number of halogens is 1. The lowest BCUT2D eigenvalue weighted by atomic mass is 9.95. The Kier molecular flexibility index (Phi) is 12.7. The van der Waals surface area contributed by atoms with Crippen LogP contribution in [0.15, 0.2) is 23.2 Å². The lowest BCUT2D eigenvalue weighted by Crippen LogP contribution is -2.44. The fraction of sp³-hybridized carbons (Fsp3) is 0.667. The number of nitrogens with zero attached hydrogens (tertiary/aromatic N) is 2. The van der Waals surface area contributed by atoms with E-state index < -0.39 is 5.60 Å². The summed E-state index contributed by atoms with van der Waals surface area (Å²) in [6.45, 7) is 8.80. The minimum atomic E-state index is -0.458.